The summed E-state index contributed by atoms with van der Waals surface area (Å²) in [5.74, 6) is 0. The quantitative estimate of drug-likeness (QED) is 0.644. The van der Waals surface area contributed by atoms with E-state index in [1.54, 1.807) is 6.92 Å². The van der Waals surface area contributed by atoms with Gasteiger partial charge in [0.2, 0.25) is 0 Å². The second-order valence-corrected chi connectivity index (χ2v) is 5.75. The molecule has 5 nitrogen and oxygen atoms in total. The number of carbonyl (C=O) groups excluding carboxylic acids is 1. The van der Waals surface area contributed by atoms with Crippen molar-refractivity contribution in [2.45, 2.75) is 46.2 Å². The molecule has 1 atom stereocenters. The number of hydrogen-bond acceptors (Lipinski definition) is 4. The summed E-state index contributed by atoms with van der Waals surface area (Å²) in [6.45, 7) is 9.33. The van der Waals surface area contributed by atoms with Crippen LogP contribution in [0.3, 0.4) is 0 Å². The van der Waals surface area contributed by atoms with Crippen molar-refractivity contribution in [1.82, 2.24) is 5.32 Å². The molecule has 0 aliphatic rings. The van der Waals surface area contributed by atoms with Crippen LogP contribution < -0.4 is 5.32 Å². The largest absolute Gasteiger partial charge is 0.450 e. The van der Waals surface area contributed by atoms with E-state index in [1.807, 2.05) is 13.8 Å². The third-order valence-electron chi connectivity index (χ3n) is 2.17. The van der Waals surface area contributed by atoms with E-state index in [-0.39, 0.29) is 11.8 Å². The van der Waals surface area contributed by atoms with E-state index in [2.05, 4.69) is 12.2 Å². The number of hydrogen-bond donors (Lipinski definition) is 1. The van der Waals surface area contributed by atoms with Crippen molar-refractivity contribution in [2.24, 2.45) is 0 Å². The van der Waals surface area contributed by atoms with Crippen molar-refractivity contribution >= 4 is 15.4 Å². The first-order valence-electron chi connectivity index (χ1n) is 6.35. The summed E-state index contributed by atoms with van der Waals surface area (Å²) in [5, 5.41) is 2.84. The van der Waals surface area contributed by atoms with Crippen LogP contribution in [0.15, 0.2) is 0 Å². The lowest BCUT2D eigenvalue weighted by Crippen LogP contribution is -2.49. The minimum atomic E-state index is -1.86. The molecule has 0 bridgehead atoms. The zero-order chi connectivity index (χ0) is 13.1. The molecule has 6 heteroatoms. The summed E-state index contributed by atoms with van der Waals surface area (Å²) in [5.41, 5.74) is -0.0288. The number of nitrogens with one attached hydrogen (secondary N) is 1. The van der Waals surface area contributed by atoms with Gasteiger partial charge in [0, 0.05) is 13.2 Å². The molecule has 0 saturated carbocycles. The summed E-state index contributed by atoms with van der Waals surface area (Å²) < 4.78 is 16.1. The van der Waals surface area contributed by atoms with Crippen molar-refractivity contribution in [2.75, 3.05) is 19.8 Å². The lowest BCUT2D eigenvalue weighted by atomic mass is 10.3. The van der Waals surface area contributed by atoms with Gasteiger partial charge in [0.1, 0.15) is 0 Å². The van der Waals surface area contributed by atoms with Crippen molar-refractivity contribution in [3.63, 3.8) is 0 Å². The standard InChI is InChI=1S/C11H25NO4Si/c1-5-9-10(12-11(13)14-6-2)17(15-7-3)16-8-4/h10,17H,5-9H2,1-4H3,(H,12,13). The Labute approximate surface area is 106 Å². The van der Waals surface area contributed by atoms with Crippen LogP contribution in [0.5, 0.6) is 0 Å². The number of ether oxygens (including phenoxy) is 1. The van der Waals surface area contributed by atoms with Gasteiger partial charge in [-0.05, 0) is 27.2 Å². The first-order valence-corrected chi connectivity index (χ1v) is 7.96. The molecule has 0 radical (unpaired) electrons. The predicted octanol–water partition coefficient (Wildman–Crippen LogP) is 1.73. The van der Waals surface area contributed by atoms with Gasteiger partial charge in [-0.25, -0.2) is 4.79 Å². The van der Waals surface area contributed by atoms with Gasteiger partial charge < -0.3 is 18.9 Å². The van der Waals surface area contributed by atoms with E-state index in [1.165, 1.54) is 0 Å². The Morgan fingerprint density at radius 3 is 2.12 bits per heavy atom. The van der Waals surface area contributed by atoms with E-state index in [0.717, 1.165) is 12.8 Å². The lowest BCUT2D eigenvalue weighted by molar-refractivity contribution is 0.144. The highest BCUT2D eigenvalue weighted by Crippen LogP contribution is 2.05. The Balaban J connectivity index is 4.37. The first-order chi connectivity index (χ1) is 8.19. The molecule has 17 heavy (non-hydrogen) atoms. The van der Waals surface area contributed by atoms with E-state index in [9.17, 15) is 4.79 Å². The topological polar surface area (TPSA) is 56.8 Å². The Morgan fingerprint density at radius 2 is 1.71 bits per heavy atom. The molecular formula is C11H25NO4Si. The molecule has 0 aromatic heterocycles. The van der Waals surface area contributed by atoms with Crippen LogP contribution >= 0.6 is 0 Å². The third-order valence-corrected chi connectivity index (χ3v) is 4.65. The van der Waals surface area contributed by atoms with Gasteiger partial charge in [-0.1, -0.05) is 13.3 Å². The fourth-order valence-electron chi connectivity index (χ4n) is 1.52. The van der Waals surface area contributed by atoms with Crippen LogP contribution in [0.4, 0.5) is 4.79 Å². The smallest absolute Gasteiger partial charge is 0.407 e. The van der Waals surface area contributed by atoms with Gasteiger partial charge in [-0.2, -0.15) is 0 Å². The Bertz CT molecular complexity index is 198. The monoisotopic (exact) mass is 263 g/mol. The van der Waals surface area contributed by atoms with E-state index < -0.39 is 9.28 Å². The fourth-order valence-corrected chi connectivity index (χ4v) is 3.62. The Hall–Kier alpha value is -0.593. The van der Waals surface area contributed by atoms with Crippen molar-refractivity contribution in [3.8, 4) is 0 Å². The van der Waals surface area contributed by atoms with Crippen LogP contribution in [-0.4, -0.2) is 40.9 Å². The van der Waals surface area contributed by atoms with Gasteiger partial charge in [0.25, 0.3) is 0 Å². The minimum Gasteiger partial charge on any atom is -0.450 e. The van der Waals surface area contributed by atoms with Crippen LogP contribution in [-0.2, 0) is 13.6 Å². The number of alkyl carbamates (subject to hydrolysis) is 1. The molecule has 0 heterocycles. The van der Waals surface area contributed by atoms with Gasteiger partial charge in [-0.3, -0.25) is 0 Å². The highest BCUT2D eigenvalue weighted by molar-refractivity contribution is 6.46. The normalized spacial score (nSPS) is 12.5. The van der Waals surface area contributed by atoms with Gasteiger partial charge >= 0.3 is 15.4 Å². The van der Waals surface area contributed by atoms with Gasteiger partial charge in [0.15, 0.2) is 0 Å². The zero-order valence-corrected chi connectivity index (χ0v) is 12.5. The first kappa shape index (κ1) is 16.4. The maximum Gasteiger partial charge on any atom is 0.407 e. The highest BCUT2D eigenvalue weighted by atomic mass is 28.3. The number of rotatable bonds is 9. The second kappa shape index (κ2) is 10.6. The second-order valence-electron chi connectivity index (χ2n) is 3.54. The van der Waals surface area contributed by atoms with Crippen molar-refractivity contribution in [1.29, 1.82) is 0 Å². The SMILES string of the molecule is CCCC(NC(=O)OCC)[SiH](OCC)OCC. The summed E-state index contributed by atoms with van der Waals surface area (Å²) in [7, 11) is -1.86. The maximum absolute atomic E-state index is 11.4. The average Bonchev–Trinajstić information content (AvgIpc) is 2.28. The summed E-state index contributed by atoms with van der Waals surface area (Å²) in [4.78, 5) is 11.4. The Kier molecular flexibility index (Phi) is 10.2. The van der Waals surface area contributed by atoms with Crippen LogP contribution in [0, 0.1) is 0 Å². The molecular weight excluding hydrogens is 238 g/mol. The van der Waals surface area contributed by atoms with Gasteiger partial charge in [-0.15, -0.1) is 0 Å². The summed E-state index contributed by atoms with van der Waals surface area (Å²) in [6, 6.07) is 0. The van der Waals surface area contributed by atoms with Crippen LogP contribution in [0.25, 0.3) is 0 Å². The molecule has 0 spiro atoms. The fraction of sp³-hybridized carbons (Fsp3) is 0.909. The maximum atomic E-state index is 11.4. The van der Waals surface area contributed by atoms with Crippen molar-refractivity contribution < 1.29 is 18.4 Å². The molecule has 0 rings (SSSR count). The molecule has 0 aromatic rings. The number of amides is 1. The molecule has 0 fully saturated rings. The van der Waals surface area contributed by atoms with E-state index >= 15 is 0 Å². The van der Waals surface area contributed by atoms with E-state index in [0.29, 0.717) is 19.8 Å². The van der Waals surface area contributed by atoms with E-state index in [4.69, 9.17) is 13.6 Å². The Morgan fingerprint density at radius 1 is 1.12 bits per heavy atom. The molecule has 0 aromatic carbocycles. The average molecular weight is 263 g/mol. The van der Waals surface area contributed by atoms with Crippen molar-refractivity contribution in [3.05, 3.63) is 0 Å². The van der Waals surface area contributed by atoms with Crippen LogP contribution in [0.1, 0.15) is 40.5 Å². The zero-order valence-electron chi connectivity index (χ0n) is 11.3. The minimum absolute atomic E-state index is 0.0288. The number of carbonyl (C=O) groups is 1. The summed E-state index contributed by atoms with van der Waals surface area (Å²) >= 11 is 0. The van der Waals surface area contributed by atoms with Crippen LogP contribution in [0.2, 0.25) is 0 Å². The van der Waals surface area contributed by atoms with Gasteiger partial charge in [0.05, 0.1) is 12.3 Å². The third kappa shape index (κ3) is 7.35. The molecule has 0 aliphatic heterocycles. The molecule has 1 amide bonds. The molecule has 0 aliphatic carbocycles. The molecule has 1 unspecified atom stereocenters. The lowest BCUT2D eigenvalue weighted by Gasteiger charge is -2.25. The predicted molar refractivity (Wildman–Crippen MR) is 69.3 cm³/mol. The molecule has 0 saturated heterocycles. The molecule has 102 valence electrons. The molecule has 1 N–H and O–H groups in total. The highest BCUT2D eigenvalue weighted by Gasteiger charge is 2.27. The summed E-state index contributed by atoms with van der Waals surface area (Å²) in [6.07, 6.45) is 1.44.